The van der Waals surface area contributed by atoms with Crippen molar-refractivity contribution in [3.63, 3.8) is 0 Å². The second kappa shape index (κ2) is 7.75. The lowest BCUT2D eigenvalue weighted by Gasteiger charge is -2.56. The Morgan fingerprint density at radius 2 is 2.26 bits per heavy atom. The molecule has 0 N–H and O–H groups in total. The van der Waals surface area contributed by atoms with Crippen molar-refractivity contribution in [2.75, 3.05) is 34.0 Å². The van der Waals surface area contributed by atoms with Gasteiger partial charge in [0.1, 0.15) is 11.8 Å². The van der Waals surface area contributed by atoms with Crippen LogP contribution in [0.1, 0.15) is 37.3 Å². The number of likely N-dealkylation sites (N-methyl/N-ethyl adjacent to an activating group) is 2. The Kier molecular flexibility index (Phi) is 5.31. The van der Waals surface area contributed by atoms with Gasteiger partial charge in [0.25, 0.3) is 0 Å². The summed E-state index contributed by atoms with van der Waals surface area (Å²) in [6.45, 7) is 3.04. The fourth-order valence-corrected chi connectivity index (χ4v) is 6.79. The van der Waals surface area contributed by atoms with Crippen molar-refractivity contribution in [3.8, 4) is 11.5 Å². The molecule has 31 heavy (non-hydrogen) atoms. The molecule has 0 aromatic heterocycles. The largest absolute Gasteiger partial charge is 0.493 e. The smallest absolute Gasteiger partial charge is 0.328 e. The molecule has 4 aliphatic rings. The summed E-state index contributed by atoms with van der Waals surface area (Å²) in [7, 11) is 8.56. The molecule has 6 nitrogen and oxygen atoms in total. The first kappa shape index (κ1) is 21.2. The number of esters is 1. The maximum Gasteiger partial charge on any atom is 0.328 e. The molecule has 1 saturated heterocycles. The van der Waals surface area contributed by atoms with Crippen LogP contribution in [0, 0.1) is 5.92 Å². The van der Waals surface area contributed by atoms with E-state index < -0.39 is 0 Å². The number of carbonyl (C=O) groups is 1. The Labute approximate surface area is 187 Å². The van der Waals surface area contributed by atoms with E-state index in [1.807, 2.05) is 24.9 Å². The van der Waals surface area contributed by atoms with E-state index in [2.05, 4.69) is 33.3 Å². The van der Waals surface area contributed by atoms with Gasteiger partial charge in [-0.25, -0.2) is 4.79 Å². The SMILES string of the molecule is CCC(C(=O)OC1=CC[C@H]2[C@H]3Cc4ccc(OC)c5c4[C@@]2(CCN3C)[C@H]1O5)N(C)CP. The molecule has 1 aromatic carbocycles. The zero-order valence-electron chi connectivity index (χ0n) is 18.9. The van der Waals surface area contributed by atoms with Crippen molar-refractivity contribution in [3.05, 3.63) is 35.1 Å². The molecule has 7 heteroatoms. The number of likely N-dealkylation sites (tertiary alicyclic amines) is 1. The van der Waals surface area contributed by atoms with Crippen LogP contribution < -0.4 is 9.47 Å². The third-order valence-electron chi connectivity index (χ3n) is 8.12. The van der Waals surface area contributed by atoms with Gasteiger partial charge < -0.3 is 19.1 Å². The van der Waals surface area contributed by atoms with Crippen LogP contribution in [0.2, 0.25) is 0 Å². The van der Waals surface area contributed by atoms with Gasteiger partial charge in [0, 0.05) is 23.3 Å². The van der Waals surface area contributed by atoms with Gasteiger partial charge in [0.2, 0.25) is 0 Å². The van der Waals surface area contributed by atoms with Crippen molar-refractivity contribution >= 4 is 15.2 Å². The zero-order chi connectivity index (χ0) is 21.9. The minimum absolute atomic E-state index is 0.146. The predicted octanol–water partition coefficient (Wildman–Crippen LogP) is 2.94. The van der Waals surface area contributed by atoms with Crippen LogP contribution in [0.15, 0.2) is 24.0 Å². The van der Waals surface area contributed by atoms with Crippen molar-refractivity contribution in [1.29, 1.82) is 0 Å². The molecule has 1 fully saturated rings. The topological polar surface area (TPSA) is 51.2 Å². The Balaban J connectivity index is 1.56. The summed E-state index contributed by atoms with van der Waals surface area (Å²) in [6, 6.07) is 4.44. The van der Waals surface area contributed by atoms with Crippen molar-refractivity contribution < 1.29 is 19.0 Å². The standard InChI is InChI=1S/C24H33N2O4P/c1-5-16(26(3)13-31)23(27)29-19-9-7-15-17-12-14-6-8-18(28-4)21-20(14)24(15,22(19)30-21)10-11-25(17)2/h6,8-9,15-17,22H,5,7,10-13,31H2,1-4H3/t15-,16?,17+,22-,24-/m0/s1. The molecule has 168 valence electrons. The fraction of sp³-hybridized carbons (Fsp3) is 0.625. The summed E-state index contributed by atoms with van der Waals surface area (Å²) in [5.41, 5.74) is 2.52. The highest BCUT2D eigenvalue weighted by molar-refractivity contribution is 7.16. The van der Waals surface area contributed by atoms with Crippen molar-refractivity contribution in [2.24, 2.45) is 5.92 Å². The molecule has 2 heterocycles. The third kappa shape index (κ3) is 2.91. The first-order valence-corrected chi connectivity index (χ1v) is 12.2. The molecule has 0 saturated carbocycles. The van der Waals surface area contributed by atoms with E-state index in [-0.39, 0.29) is 23.5 Å². The van der Waals surface area contributed by atoms with Gasteiger partial charge in [-0.1, -0.05) is 13.0 Å². The minimum atomic E-state index is -0.268. The number of hydrogen-bond acceptors (Lipinski definition) is 6. The summed E-state index contributed by atoms with van der Waals surface area (Å²) >= 11 is 0. The number of allylic oxidation sites excluding steroid dienone is 1. The molecular weight excluding hydrogens is 411 g/mol. The van der Waals surface area contributed by atoms with Gasteiger partial charge in [-0.3, -0.25) is 4.90 Å². The number of ether oxygens (including phenoxy) is 3. The van der Waals surface area contributed by atoms with Crippen LogP contribution >= 0.6 is 9.24 Å². The van der Waals surface area contributed by atoms with Gasteiger partial charge in [0.05, 0.1) is 7.11 Å². The minimum Gasteiger partial charge on any atom is -0.493 e. The third-order valence-corrected chi connectivity index (χ3v) is 8.70. The molecule has 2 unspecified atom stereocenters. The fourth-order valence-electron chi connectivity index (χ4n) is 6.53. The van der Waals surface area contributed by atoms with Crippen molar-refractivity contribution in [2.45, 2.75) is 56.2 Å². The quantitative estimate of drug-likeness (QED) is 0.497. The second-order valence-corrected chi connectivity index (χ2v) is 9.77. The molecule has 1 spiro atoms. The molecule has 2 aliphatic carbocycles. The van der Waals surface area contributed by atoms with Gasteiger partial charge in [-0.15, -0.1) is 9.24 Å². The van der Waals surface area contributed by atoms with Crippen molar-refractivity contribution in [1.82, 2.24) is 9.80 Å². The molecule has 0 amide bonds. The highest BCUT2D eigenvalue weighted by Crippen LogP contribution is 2.63. The average molecular weight is 445 g/mol. The summed E-state index contributed by atoms with van der Waals surface area (Å²) in [4.78, 5) is 17.6. The Bertz CT molecular complexity index is 934. The average Bonchev–Trinajstić information content (AvgIpc) is 3.12. The molecular formula is C24H33N2O4P. The lowest BCUT2D eigenvalue weighted by atomic mass is 9.53. The van der Waals surface area contributed by atoms with Gasteiger partial charge in [-0.05, 0) is 69.9 Å². The maximum absolute atomic E-state index is 13.1. The summed E-state index contributed by atoms with van der Waals surface area (Å²) < 4.78 is 18.4. The van der Waals surface area contributed by atoms with Gasteiger partial charge in [-0.2, -0.15) is 0 Å². The lowest BCUT2D eigenvalue weighted by Crippen LogP contribution is -2.63. The van der Waals surface area contributed by atoms with Crippen LogP contribution in [-0.2, 0) is 21.4 Å². The van der Waals surface area contributed by atoms with Gasteiger partial charge in [0.15, 0.2) is 17.6 Å². The molecule has 5 rings (SSSR count). The van der Waals surface area contributed by atoms with Crippen LogP contribution in [0.5, 0.6) is 11.5 Å². The highest BCUT2D eigenvalue weighted by Gasteiger charge is 2.64. The highest BCUT2D eigenvalue weighted by atomic mass is 31.0. The molecule has 0 radical (unpaired) electrons. The Morgan fingerprint density at radius 1 is 1.45 bits per heavy atom. The van der Waals surface area contributed by atoms with E-state index in [9.17, 15) is 4.79 Å². The lowest BCUT2D eigenvalue weighted by molar-refractivity contribution is -0.148. The summed E-state index contributed by atoms with van der Waals surface area (Å²) in [5, 5.41) is 0. The number of rotatable bonds is 6. The second-order valence-electron chi connectivity index (χ2n) is 9.40. The molecule has 1 aromatic rings. The molecule has 6 atom stereocenters. The van der Waals surface area contributed by atoms with E-state index in [0.717, 1.165) is 43.6 Å². The monoisotopic (exact) mass is 444 g/mol. The van der Waals surface area contributed by atoms with E-state index in [1.54, 1.807) is 7.11 Å². The normalized spacial score (nSPS) is 31.5. The molecule has 2 bridgehead atoms. The predicted molar refractivity (Wildman–Crippen MR) is 123 cm³/mol. The Morgan fingerprint density at radius 3 is 2.97 bits per heavy atom. The first-order valence-electron chi connectivity index (χ1n) is 11.4. The maximum atomic E-state index is 13.1. The number of piperidine rings is 1. The van der Waals surface area contributed by atoms with E-state index in [4.69, 9.17) is 14.2 Å². The number of nitrogens with zero attached hydrogens (tertiary/aromatic N) is 2. The van der Waals surface area contributed by atoms with E-state index in [1.165, 1.54) is 11.1 Å². The van der Waals surface area contributed by atoms with Crippen LogP contribution in [0.25, 0.3) is 0 Å². The van der Waals surface area contributed by atoms with Gasteiger partial charge >= 0.3 is 5.97 Å². The van der Waals surface area contributed by atoms with Crippen LogP contribution in [0.3, 0.4) is 0 Å². The van der Waals surface area contributed by atoms with Crippen LogP contribution in [0.4, 0.5) is 0 Å². The first-order chi connectivity index (χ1) is 15.0. The number of methoxy groups -OCH3 is 1. The number of benzene rings is 1. The number of carbonyl (C=O) groups excluding carboxylic acids is 1. The Hall–Kier alpha value is -1.62. The summed E-state index contributed by atoms with van der Waals surface area (Å²) in [6.07, 6.45) is 6.22. The zero-order valence-corrected chi connectivity index (χ0v) is 20.0. The summed E-state index contributed by atoms with van der Waals surface area (Å²) in [5.74, 6) is 2.58. The van der Waals surface area contributed by atoms with Crippen LogP contribution in [-0.4, -0.2) is 68.0 Å². The molecule has 2 aliphatic heterocycles. The number of hydrogen-bond donors (Lipinski definition) is 0. The van der Waals surface area contributed by atoms with E-state index >= 15 is 0 Å². The van der Waals surface area contributed by atoms with E-state index in [0.29, 0.717) is 24.1 Å².